The topological polar surface area (TPSA) is 97.8 Å². The first-order valence-electron chi connectivity index (χ1n) is 10.3. The Morgan fingerprint density at radius 3 is 2.50 bits per heavy atom. The standard InChI is InChI=1S/C23H25N3O5S/c1-16-13-26(14-17(2)31-16)32(28,29)20-10-8-19(9-11-20)25-22(27)15-30-21-7-3-5-18-6-4-12-24-23(18)21/h3-12,16-17H,13-15H2,1-2H3,(H,25,27)/t16-,17-/m1/s1. The van der Waals surface area contributed by atoms with Gasteiger partial charge < -0.3 is 14.8 Å². The largest absolute Gasteiger partial charge is 0.481 e. The number of hydrogen-bond acceptors (Lipinski definition) is 6. The number of pyridine rings is 1. The predicted octanol–water partition coefficient (Wildman–Crippen LogP) is 3.05. The highest BCUT2D eigenvalue weighted by Gasteiger charge is 2.32. The van der Waals surface area contributed by atoms with E-state index in [0.29, 0.717) is 30.0 Å². The van der Waals surface area contributed by atoms with Crippen LogP contribution in [0.25, 0.3) is 10.9 Å². The van der Waals surface area contributed by atoms with Crippen LogP contribution in [0, 0.1) is 0 Å². The Balaban J connectivity index is 1.38. The fourth-order valence-electron chi connectivity index (χ4n) is 3.72. The van der Waals surface area contributed by atoms with Gasteiger partial charge in [-0.15, -0.1) is 0 Å². The molecule has 0 bridgehead atoms. The number of aromatic nitrogens is 1. The molecule has 1 N–H and O–H groups in total. The summed E-state index contributed by atoms with van der Waals surface area (Å²) in [5.41, 5.74) is 1.17. The van der Waals surface area contributed by atoms with Crippen LogP contribution in [0.2, 0.25) is 0 Å². The summed E-state index contributed by atoms with van der Waals surface area (Å²) in [6.45, 7) is 4.14. The molecule has 32 heavy (non-hydrogen) atoms. The van der Waals surface area contributed by atoms with Crippen molar-refractivity contribution in [2.75, 3.05) is 25.0 Å². The van der Waals surface area contributed by atoms with E-state index in [0.717, 1.165) is 5.39 Å². The summed E-state index contributed by atoms with van der Waals surface area (Å²) in [5, 5.41) is 3.64. The number of nitrogens with zero attached hydrogens (tertiary/aromatic N) is 2. The van der Waals surface area contributed by atoms with Crippen LogP contribution >= 0.6 is 0 Å². The van der Waals surface area contributed by atoms with E-state index in [2.05, 4.69) is 10.3 Å². The van der Waals surface area contributed by atoms with E-state index in [1.165, 1.54) is 16.4 Å². The Kier molecular flexibility index (Phi) is 6.40. The Bertz CT molecular complexity index is 1200. The maximum absolute atomic E-state index is 12.9. The molecule has 0 unspecified atom stereocenters. The molecule has 8 nitrogen and oxygen atoms in total. The normalized spacial score (nSPS) is 19.6. The Morgan fingerprint density at radius 1 is 1.09 bits per heavy atom. The van der Waals surface area contributed by atoms with Crippen LogP contribution < -0.4 is 10.1 Å². The number of carbonyl (C=O) groups excluding carboxylic acids is 1. The lowest BCUT2D eigenvalue weighted by Crippen LogP contribution is -2.48. The summed E-state index contributed by atoms with van der Waals surface area (Å²) >= 11 is 0. The summed E-state index contributed by atoms with van der Waals surface area (Å²) in [4.78, 5) is 16.8. The minimum atomic E-state index is -3.63. The van der Waals surface area contributed by atoms with E-state index in [9.17, 15) is 13.2 Å². The Hall–Kier alpha value is -3.01. The minimum absolute atomic E-state index is 0.163. The first-order valence-corrected chi connectivity index (χ1v) is 11.8. The van der Waals surface area contributed by atoms with Gasteiger partial charge in [0, 0.05) is 30.4 Å². The minimum Gasteiger partial charge on any atom is -0.481 e. The van der Waals surface area contributed by atoms with Crippen molar-refractivity contribution >= 4 is 32.5 Å². The highest BCUT2D eigenvalue weighted by atomic mass is 32.2. The molecule has 1 amide bonds. The van der Waals surface area contributed by atoms with Crippen LogP contribution in [0.3, 0.4) is 0 Å². The van der Waals surface area contributed by atoms with Crippen molar-refractivity contribution in [2.45, 2.75) is 31.0 Å². The number of hydrogen-bond donors (Lipinski definition) is 1. The lowest BCUT2D eigenvalue weighted by atomic mass is 10.2. The van der Waals surface area contributed by atoms with Gasteiger partial charge in [0.25, 0.3) is 5.91 Å². The molecular formula is C23H25N3O5S. The average molecular weight is 456 g/mol. The summed E-state index contributed by atoms with van der Waals surface area (Å²) < 4.78 is 38.6. The van der Waals surface area contributed by atoms with Crippen molar-refractivity contribution in [2.24, 2.45) is 0 Å². The second kappa shape index (κ2) is 9.23. The van der Waals surface area contributed by atoms with Crippen molar-refractivity contribution in [3.63, 3.8) is 0 Å². The molecule has 1 aliphatic heterocycles. The second-order valence-corrected chi connectivity index (χ2v) is 9.71. The average Bonchev–Trinajstić information content (AvgIpc) is 2.77. The van der Waals surface area contributed by atoms with Gasteiger partial charge in [0.05, 0.1) is 17.1 Å². The van der Waals surface area contributed by atoms with Crippen LogP contribution in [0.1, 0.15) is 13.8 Å². The second-order valence-electron chi connectivity index (χ2n) is 7.77. The van der Waals surface area contributed by atoms with Crippen LogP contribution in [0.5, 0.6) is 5.75 Å². The zero-order valence-corrected chi connectivity index (χ0v) is 18.7. The smallest absolute Gasteiger partial charge is 0.262 e. The number of morpholine rings is 1. The van der Waals surface area contributed by atoms with Gasteiger partial charge in [-0.25, -0.2) is 8.42 Å². The highest BCUT2D eigenvalue weighted by Crippen LogP contribution is 2.24. The van der Waals surface area contributed by atoms with Crippen LogP contribution in [0.4, 0.5) is 5.69 Å². The fraction of sp³-hybridized carbons (Fsp3) is 0.304. The number of benzene rings is 2. The van der Waals surface area contributed by atoms with Gasteiger partial charge in [0.2, 0.25) is 10.0 Å². The number of rotatable bonds is 6. The molecule has 2 aromatic carbocycles. The molecule has 1 aromatic heterocycles. The van der Waals surface area contributed by atoms with Gasteiger partial charge in [-0.3, -0.25) is 9.78 Å². The summed E-state index contributed by atoms with van der Waals surface area (Å²) in [6, 6.07) is 15.4. The molecule has 168 valence electrons. The van der Waals surface area contributed by atoms with Crippen molar-refractivity contribution in [3.8, 4) is 5.75 Å². The van der Waals surface area contributed by atoms with Crippen LogP contribution in [-0.2, 0) is 19.6 Å². The van der Waals surface area contributed by atoms with Crippen molar-refractivity contribution in [3.05, 3.63) is 60.8 Å². The molecule has 2 heterocycles. The molecule has 0 saturated carbocycles. The maximum atomic E-state index is 12.9. The molecule has 2 atom stereocenters. The third-order valence-electron chi connectivity index (χ3n) is 5.12. The third-order valence-corrected chi connectivity index (χ3v) is 6.96. The van der Waals surface area contributed by atoms with E-state index >= 15 is 0 Å². The monoisotopic (exact) mass is 455 g/mol. The number of amides is 1. The van der Waals surface area contributed by atoms with Gasteiger partial charge in [-0.05, 0) is 50.2 Å². The first kappa shape index (κ1) is 22.2. The van der Waals surface area contributed by atoms with E-state index in [4.69, 9.17) is 9.47 Å². The van der Waals surface area contributed by atoms with Gasteiger partial charge in [-0.1, -0.05) is 18.2 Å². The summed E-state index contributed by atoms with van der Waals surface area (Å²) in [5.74, 6) is 0.165. The van der Waals surface area contributed by atoms with Crippen molar-refractivity contribution in [1.29, 1.82) is 0 Å². The lowest BCUT2D eigenvalue weighted by Gasteiger charge is -2.34. The number of fused-ring (bicyclic) bond motifs is 1. The number of anilines is 1. The number of para-hydroxylation sites is 1. The van der Waals surface area contributed by atoms with E-state index in [1.807, 2.05) is 38.1 Å². The molecule has 0 aliphatic carbocycles. The van der Waals surface area contributed by atoms with E-state index < -0.39 is 10.0 Å². The van der Waals surface area contributed by atoms with Gasteiger partial charge >= 0.3 is 0 Å². The summed E-state index contributed by atoms with van der Waals surface area (Å²) in [7, 11) is -3.63. The molecule has 0 radical (unpaired) electrons. The van der Waals surface area contributed by atoms with Crippen molar-refractivity contribution < 1.29 is 22.7 Å². The zero-order chi connectivity index (χ0) is 22.7. The molecule has 3 aromatic rings. The first-order chi connectivity index (χ1) is 15.3. The maximum Gasteiger partial charge on any atom is 0.262 e. The van der Waals surface area contributed by atoms with Gasteiger partial charge in [0.1, 0.15) is 11.3 Å². The number of carbonyl (C=O) groups is 1. The van der Waals surface area contributed by atoms with Crippen LogP contribution in [0.15, 0.2) is 65.7 Å². The van der Waals surface area contributed by atoms with E-state index in [-0.39, 0.29) is 29.6 Å². The van der Waals surface area contributed by atoms with Crippen LogP contribution in [-0.4, -0.2) is 55.5 Å². The number of sulfonamides is 1. The molecule has 0 spiro atoms. The third kappa shape index (κ3) is 4.90. The molecule has 1 aliphatic rings. The van der Waals surface area contributed by atoms with Gasteiger partial charge in [0.15, 0.2) is 6.61 Å². The molecule has 1 fully saturated rings. The zero-order valence-electron chi connectivity index (χ0n) is 17.9. The Morgan fingerprint density at radius 2 is 1.78 bits per heavy atom. The SMILES string of the molecule is C[C@@H]1CN(S(=O)(=O)c2ccc(NC(=O)COc3cccc4cccnc34)cc2)C[C@@H](C)O1. The molecule has 4 rings (SSSR count). The van der Waals surface area contributed by atoms with Crippen molar-refractivity contribution in [1.82, 2.24) is 9.29 Å². The lowest BCUT2D eigenvalue weighted by molar-refractivity contribution is -0.118. The predicted molar refractivity (Wildman–Crippen MR) is 121 cm³/mol. The quantitative estimate of drug-likeness (QED) is 0.614. The number of ether oxygens (including phenoxy) is 2. The summed E-state index contributed by atoms with van der Waals surface area (Å²) in [6.07, 6.45) is 1.34. The fourth-order valence-corrected chi connectivity index (χ4v) is 5.31. The van der Waals surface area contributed by atoms with E-state index in [1.54, 1.807) is 24.4 Å². The number of nitrogens with one attached hydrogen (secondary N) is 1. The molecule has 9 heteroatoms. The highest BCUT2D eigenvalue weighted by molar-refractivity contribution is 7.89. The Labute approximate surface area is 187 Å². The van der Waals surface area contributed by atoms with Gasteiger partial charge in [-0.2, -0.15) is 4.31 Å². The molecular weight excluding hydrogens is 430 g/mol. The molecule has 1 saturated heterocycles.